The third kappa shape index (κ3) is 3.11. The smallest absolute Gasteiger partial charge is 0.331 e. The highest BCUT2D eigenvalue weighted by Gasteiger charge is 2.44. The van der Waals surface area contributed by atoms with E-state index in [2.05, 4.69) is 0 Å². The molecule has 0 aliphatic carbocycles. The Labute approximate surface area is 108 Å². The Bertz CT molecular complexity index is 355. The highest BCUT2D eigenvalue weighted by molar-refractivity contribution is 5.84. The van der Waals surface area contributed by atoms with Gasteiger partial charge in [-0.1, -0.05) is 0 Å². The van der Waals surface area contributed by atoms with Crippen molar-refractivity contribution < 1.29 is 39.4 Å². The lowest BCUT2D eigenvalue weighted by Gasteiger charge is -2.39. The van der Waals surface area contributed by atoms with E-state index in [1.807, 2.05) is 0 Å². The van der Waals surface area contributed by atoms with Gasteiger partial charge in [0.25, 0.3) is 0 Å². The largest absolute Gasteiger partial charge is 0.452 e. The first-order valence-electron chi connectivity index (χ1n) is 5.84. The van der Waals surface area contributed by atoms with Crippen molar-refractivity contribution in [2.45, 2.75) is 36.8 Å². The zero-order valence-corrected chi connectivity index (χ0v) is 9.95. The van der Waals surface area contributed by atoms with E-state index in [0.29, 0.717) is 0 Å². The molecule has 0 amide bonds. The first kappa shape index (κ1) is 14.4. The molecular formula is C11H16O8. The number of aliphatic hydroxyl groups excluding tert-OH is 4. The normalized spacial score (nSPS) is 42.4. The molecule has 0 radical (unpaired) electrons. The highest BCUT2D eigenvalue weighted by atomic mass is 16.7. The average Bonchev–Trinajstić information content (AvgIpc) is 2.81. The number of cyclic esters (lactones) is 1. The lowest BCUT2D eigenvalue weighted by atomic mass is 9.99. The van der Waals surface area contributed by atoms with Gasteiger partial charge in [-0.2, -0.15) is 0 Å². The maximum absolute atomic E-state index is 10.8. The lowest BCUT2D eigenvalue weighted by molar-refractivity contribution is -0.303. The Kier molecular flexibility index (Phi) is 4.50. The molecule has 2 aliphatic heterocycles. The van der Waals surface area contributed by atoms with Gasteiger partial charge in [-0.3, -0.25) is 0 Å². The minimum Gasteiger partial charge on any atom is -0.452 e. The van der Waals surface area contributed by atoms with Crippen LogP contribution >= 0.6 is 0 Å². The van der Waals surface area contributed by atoms with Crippen LogP contribution < -0.4 is 0 Å². The molecule has 2 aliphatic rings. The van der Waals surface area contributed by atoms with Crippen molar-refractivity contribution in [2.75, 3.05) is 13.2 Å². The van der Waals surface area contributed by atoms with Crippen LogP contribution in [0.1, 0.15) is 0 Å². The van der Waals surface area contributed by atoms with E-state index >= 15 is 0 Å². The van der Waals surface area contributed by atoms with E-state index in [4.69, 9.17) is 19.3 Å². The summed E-state index contributed by atoms with van der Waals surface area (Å²) in [6.07, 6.45) is -4.46. The Morgan fingerprint density at radius 1 is 1.21 bits per heavy atom. The number of carbonyl (C=O) groups excluding carboxylic acids is 1. The van der Waals surface area contributed by atoms with Gasteiger partial charge in [0.1, 0.15) is 30.5 Å². The summed E-state index contributed by atoms with van der Waals surface area (Å²) in [5, 5.41) is 37.8. The number of hydrogen-bond acceptors (Lipinski definition) is 8. The summed E-state index contributed by atoms with van der Waals surface area (Å²) in [4.78, 5) is 10.8. The van der Waals surface area contributed by atoms with Gasteiger partial charge in [0.15, 0.2) is 6.29 Å². The molecule has 1 saturated heterocycles. The second kappa shape index (κ2) is 5.95. The van der Waals surface area contributed by atoms with Crippen LogP contribution in [0.25, 0.3) is 0 Å². The van der Waals surface area contributed by atoms with E-state index in [9.17, 15) is 20.1 Å². The first-order chi connectivity index (χ1) is 9.02. The van der Waals surface area contributed by atoms with Gasteiger partial charge in [0.2, 0.25) is 0 Å². The van der Waals surface area contributed by atoms with Crippen molar-refractivity contribution >= 4 is 5.97 Å². The van der Waals surface area contributed by atoms with Crippen LogP contribution in [0.5, 0.6) is 0 Å². The van der Waals surface area contributed by atoms with Gasteiger partial charge in [0, 0.05) is 6.08 Å². The molecule has 1 unspecified atom stereocenters. The molecule has 0 spiro atoms. The molecule has 6 atom stereocenters. The van der Waals surface area contributed by atoms with E-state index < -0.39 is 49.4 Å². The minimum atomic E-state index is -1.49. The number of ether oxygens (including phenoxy) is 3. The quantitative estimate of drug-likeness (QED) is 0.408. The van der Waals surface area contributed by atoms with Crippen molar-refractivity contribution in [3.63, 3.8) is 0 Å². The number of aliphatic hydroxyl groups is 4. The Morgan fingerprint density at radius 3 is 2.53 bits per heavy atom. The van der Waals surface area contributed by atoms with Gasteiger partial charge in [-0.25, -0.2) is 4.79 Å². The van der Waals surface area contributed by atoms with Gasteiger partial charge < -0.3 is 34.6 Å². The third-order valence-corrected chi connectivity index (χ3v) is 2.99. The molecule has 0 aromatic rings. The van der Waals surface area contributed by atoms with Crippen molar-refractivity contribution in [3.05, 3.63) is 12.2 Å². The maximum atomic E-state index is 10.8. The number of esters is 1. The molecule has 8 nitrogen and oxygen atoms in total. The number of hydrogen-bond donors (Lipinski definition) is 4. The summed E-state index contributed by atoms with van der Waals surface area (Å²) in [5.41, 5.74) is 0. The van der Waals surface area contributed by atoms with Crippen LogP contribution in [-0.4, -0.2) is 76.4 Å². The zero-order valence-electron chi connectivity index (χ0n) is 9.95. The van der Waals surface area contributed by atoms with Crippen LogP contribution in [0.15, 0.2) is 12.2 Å². The standard InChI is InChI=1S/C11H16O8/c12-3-6-8(14)9(15)10(16)11(19-6)17-4-5-1-2-7(13)18-5/h1-2,5-6,8-12,14-16H,3-4H2/t5?,6-,8-,9+,10-,11+/m1/s1. The second-order valence-corrected chi connectivity index (χ2v) is 4.37. The summed E-state index contributed by atoms with van der Waals surface area (Å²) in [6, 6.07) is 0. The molecule has 0 bridgehead atoms. The van der Waals surface area contributed by atoms with Crippen molar-refractivity contribution in [1.82, 2.24) is 0 Å². The molecule has 108 valence electrons. The maximum Gasteiger partial charge on any atom is 0.331 e. The molecule has 19 heavy (non-hydrogen) atoms. The summed E-state index contributed by atoms with van der Waals surface area (Å²) in [7, 11) is 0. The van der Waals surface area contributed by atoms with E-state index in [-0.39, 0.29) is 6.61 Å². The van der Waals surface area contributed by atoms with Gasteiger partial charge in [0.05, 0.1) is 13.2 Å². The molecule has 0 aromatic carbocycles. The summed E-state index contributed by atoms with van der Waals surface area (Å²) >= 11 is 0. The number of rotatable bonds is 4. The molecule has 2 heterocycles. The number of carbonyl (C=O) groups is 1. The summed E-state index contributed by atoms with van der Waals surface area (Å²) < 4.78 is 15.1. The predicted octanol–water partition coefficient (Wildman–Crippen LogP) is -2.72. The monoisotopic (exact) mass is 276 g/mol. The van der Waals surface area contributed by atoms with Crippen LogP contribution in [0, 0.1) is 0 Å². The summed E-state index contributed by atoms with van der Waals surface area (Å²) in [5.74, 6) is -0.484. The fourth-order valence-corrected chi connectivity index (χ4v) is 1.90. The Balaban J connectivity index is 1.88. The van der Waals surface area contributed by atoms with Crippen LogP contribution in [0.4, 0.5) is 0 Å². The fraction of sp³-hybridized carbons (Fsp3) is 0.727. The van der Waals surface area contributed by atoms with E-state index in [1.54, 1.807) is 0 Å². The van der Waals surface area contributed by atoms with Gasteiger partial charge in [-0.05, 0) is 6.08 Å². The molecule has 0 aromatic heterocycles. The van der Waals surface area contributed by atoms with E-state index in [1.165, 1.54) is 12.2 Å². The topological polar surface area (TPSA) is 126 Å². The fourth-order valence-electron chi connectivity index (χ4n) is 1.90. The minimum absolute atomic E-state index is 0.0646. The van der Waals surface area contributed by atoms with Crippen molar-refractivity contribution in [2.24, 2.45) is 0 Å². The summed E-state index contributed by atoms with van der Waals surface area (Å²) in [6.45, 7) is -0.589. The van der Waals surface area contributed by atoms with Crippen LogP contribution in [0.2, 0.25) is 0 Å². The van der Waals surface area contributed by atoms with Crippen molar-refractivity contribution in [3.8, 4) is 0 Å². The SMILES string of the molecule is O=C1C=CC(CO[C@H]2O[C@H](CO)[C@@H](O)[C@H](O)[C@H]2O)O1. The predicted molar refractivity (Wildman–Crippen MR) is 58.7 cm³/mol. The molecule has 0 saturated carbocycles. The molecule has 4 N–H and O–H groups in total. The van der Waals surface area contributed by atoms with Crippen LogP contribution in [0.3, 0.4) is 0 Å². The zero-order chi connectivity index (χ0) is 14.0. The lowest BCUT2D eigenvalue weighted by Crippen LogP contribution is -2.59. The van der Waals surface area contributed by atoms with Crippen LogP contribution in [-0.2, 0) is 19.0 Å². The molecule has 1 fully saturated rings. The third-order valence-electron chi connectivity index (χ3n) is 2.99. The molecule has 2 rings (SSSR count). The van der Waals surface area contributed by atoms with Crippen molar-refractivity contribution in [1.29, 1.82) is 0 Å². The van der Waals surface area contributed by atoms with Gasteiger partial charge in [-0.15, -0.1) is 0 Å². The van der Waals surface area contributed by atoms with Gasteiger partial charge >= 0.3 is 5.97 Å². The Hall–Kier alpha value is -1.03. The first-order valence-corrected chi connectivity index (χ1v) is 5.84. The second-order valence-electron chi connectivity index (χ2n) is 4.37. The Morgan fingerprint density at radius 2 is 1.95 bits per heavy atom. The average molecular weight is 276 g/mol. The van der Waals surface area contributed by atoms with E-state index in [0.717, 1.165) is 0 Å². The highest BCUT2D eigenvalue weighted by Crippen LogP contribution is 2.22. The molecule has 8 heteroatoms. The molecular weight excluding hydrogens is 260 g/mol.